The average molecular weight is 531 g/mol. The van der Waals surface area contributed by atoms with Crippen molar-refractivity contribution in [1.29, 1.82) is 0 Å². The Kier molecular flexibility index (Phi) is 8.11. The predicted octanol–water partition coefficient (Wildman–Crippen LogP) is 8.15. The lowest BCUT2D eigenvalue weighted by molar-refractivity contribution is 0.145. The maximum absolute atomic E-state index is 13.4. The summed E-state index contributed by atoms with van der Waals surface area (Å²) >= 11 is 12.6. The molecule has 4 rings (SSSR count). The molecular formula is C27H28Cl2N2O5. The minimum atomic E-state index is -0.580. The number of methoxy groups -OCH3 is 1. The number of halogens is 2. The van der Waals surface area contributed by atoms with Gasteiger partial charge in [0, 0.05) is 20.8 Å². The van der Waals surface area contributed by atoms with E-state index in [2.05, 4.69) is 0 Å². The lowest BCUT2D eigenvalue weighted by atomic mass is 10.2. The van der Waals surface area contributed by atoms with Gasteiger partial charge in [-0.3, -0.25) is 0 Å². The van der Waals surface area contributed by atoms with Crippen LogP contribution in [0.4, 0.5) is 9.59 Å². The minimum absolute atomic E-state index is 0.266. The molecule has 0 fully saturated rings. The van der Waals surface area contributed by atoms with Gasteiger partial charge >= 0.3 is 12.2 Å². The van der Waals surface area contributed by atoms with Gasteiger partial charge in [-0.15, -0.1) is 0 Å². The van der Waals surface area contributed by atoms with E-state index in [1.54, 1.807) is 42.5 Å². The minimum Gasteiger partial charge on any atom is -0.494 e. The van der Waals surface area contributed by atoms with Crippen LogP contribution in [0.25, 0.3) is 33.2 Å². The topological polar surface area (TPSA) is 71.7 Å². The maximum Gasteiger partial charge on any atom is 0.419 e. The SMILES string of the molecule is CCCCOC(=O)n1c(-c2c(OC)c3cc(Cl)ccc3n2C(=O)OCCCC)cc2cc(Cl)ccc21. The smallest absolute Gasteiger partial charge is 0.419 e. The zero-order valence-corrected chi connectivity index (χ0v) is 22.0. The van der Waals surface area contributed by atoms with E-state index in [1.807, 2.05) is 13.8 Å². The van der Waals surface area contributed by atoms with Crippen LogP contribution in [0.5, 0.6) is 5.75 Å². The molecule has 0 atom stereocenters. The summed E-state index contributed by atoms with van der Waals surface area (Å²) in [6.45, 7) is 4.58. The molecule has 7 nitrogen and oxygen atoms in total. The van der Waals surface area contributed by atoms with Gasteiger partial charge in [-0.1, -0.05) is 49.9 Å². The number of carbonyl (C=O) groups is 2. The van der Waals surface area contributed by atoms with Gasteiger partial charge in [0.2, 0.25) is 0 Å². The van der Waals surface area contributed by atoms with Crippen molar-refractivity contribution in [2.45, 2.75) is 39.5 Å². The van der Waals surface area contributed by atoms with Crippen LogP contribution in [0.3, 0.4) is 0 Å². The van der Waals surface area contributed by atoms with Gasteiger partial charge in [0.1, 0.15) is 5.69 Å². The van der Waals surface area contributed by atoms with Crippen LogP contribution in [0.15, 0.2) is 42.5 Å². The van der Waals surface area contributed by atoms with E-state index in [9.17, 15) is 9.59 Å². The van der Waals surface area contributed by atoms with Gasteiger partial charge in [0.05, 0.1) is 37.1 Å². The molecule has 0 saturated carbocycles. The van der Waals surface area contributed by atoms with E-state index in [1.165, 1.54) is 16.2 Å². The van der Waals surface area contributed by atoms with E-state index in [4.69, 9.17) is 37.4 Å². The van der Waals surface area contributed by atoms with Crippen molar-refractivity contribution < 1.29 is 23.8 Å². The van der Waals surface area contributed by atoms with Crippen molar-refractivity contribution in [3.05, 3.63) is 52.5 Å². The Morgan fingerprint density at radius 3 is 2.00 bits per heavy atom. The molecule has 0 spiro atoms. The number of rotatable bonds is 8. The Labute approximate surface area is 219 Å². The first-order valence-electron chi connectivity index (χ1n) is 11.9. The lowest BCUT2D eigenvalue weighted by Gasteiger charge is -2.14. The molecule has 36 heavy (non-hydrogen) atoms. The average Bonchev–Trinajstić information content (AvgIpc) is 3.38. The van der Waals surface area contributed by atoms with Gasteiger partial charge in [0.15, 0.2) is 5.75 Å². The highest BCUT2D eigenvalue weighted by Crippen LogP contribution is 2.43. The molecule has 0 N–H and O–H groups in total. The molecule has 2 heterocycles. The molecule has 0 aliphatic carbocycles. The van der Waals surface area contributed by atoms with Crippen LogP contribution in [0.2, 0.25) is 10.0 Å². The molecule has 190 valence electrons. The molecule has 0 bridgehead atoms. The normalized spacial score (nSPS) is 11.2. The zero-order valence-electron chi connectivity index (χ0n) is 20.5. The van der Waals surface area contributed by atoms with Crippen LogP contribution in [0, 0.1) is 0 Å². The highest BCUT2D eigenvalue weighted by molar-refractivity contribution is 6.32. The van der Waals surface area contributed by atoms with E-state index >= 15 is 0 Å². The van der Waals surface area contributed by atoms with Crippen LogP contribution < -0.4 is 4.74 Å². The fourth-order valence-corrected chi connectivity index (χ4v) is 4.51. The van der Waals surface area contributed by atoms with Crippen LogP contribution in [-0.4, -0.2) is 41.6 Å². The number of ether oxygens (including phenoxy) is 3. The van der Waals surface area contributed by atoms with E-state index < -0.39 is 12.2 Å². The Bertz CT molecular complexity index is 1420. The number of unbranched alkanes of at least 4 members (excludes halogenated alkanes) is 2. The first-order chi connectivity index (χ1) is 17.4. The third-order valence-corrected chi connectivity index (χ3v) is 6.38. The Balaban J connectivity index is 2.01. The quantitative estimate of drug-likeness (QED) is 0.215. The first kappa shape index (κ1) is 25.9. The summed E-state index contributed by atoms with van der Waals surface area (Å²) in [7, 11) is 1.51. The first-order valence-corrected chi connectivity index (χ1v) is 12.7. The van der Waals surface area contributed by atoms with Crippen molar-refractivity contribution >= 4 is 57.2 Å². The molecular weight excluding hydrogens is 503 g/mol. The Hall–Kier alpha value is -3.16. The summed E-state index contributed by atoms with van der Waals surface area (Å²) in [4.78, 5) is 26.8. The number of benzene rings is 2. The van der Waals surface area contributed by atoms with Gasteiger partial charge in [-0.2, -0.15) is 0 Å². The predicted molar refractivity (Wildman–Crippen MR) is 143 cm³/mol. The van der Waals surface area contributed by atoms with Crippen LogP contribution in [-0.2, 0) is 9.47 Å². The molecule has 0 amide bonds. The summed E-state index contributed by atoms with van der Waals surface area (Å²) in [5.41, 5.74) is 1.90. The highest BCUT2D eigenvalue weighted by atomic mass is 35.5. The number of fused-ring (bicyclic) bond motifs is 2. The van der Waals surface area contributed by atoms with Crippen molar-refractivity contribution in [1.82, 2.24) is 9.13 Å². The zero-order chi connectivity index (χ0) is 25.8. The second-order valence-electron chi connectivity index (χ2n) is 8.38. The number of nitrogens with zero attached hydrogens (tertiary/aromatic N) is 2. The van der Waals surface area contributed by atoms with Crippen LogP contribution >= 0.6 is 23.2 Å². The van der Waals surface area contributed by atoms with Crippen LogP contribution in [0.1, 0.15) is 39.5 Å². The number of hydrogen-bond donors (Lipinski definition) is 0. The number of aromatic nitrogens is 2. The Morgan fingerprint density at radius 2 is 1.39 bits per heavy atom. The second-order valence-corrected chi connectivity index (χ2v) is 9.26. The Morgan fingerprint density at radius 1 is 0.806 bits per heavy atom. The molecule has 0 aliphatic heterocycles. The van der Waals surface area contributed by atoms with Gasteiger partial charge in [-0.25, -0.2) is 18.7 Å². The standard InChI is InChI=1S/C27H28Cl2N2O5/c1-4-6-12-35-26(32)30-21-10-8-18(28)14-17(21)15-23(30)24-25(34-3)20-16-19(29)9-11-22(20)31(24)27(33)36-13-7-5-2/h8-11,14-16H,4-7,12-13H2,1-3H3. The van der Waals surface area contributed by atoms with Crippen molar-refractivity contribution in [3.63, 3.8) is 0 Å². The number of hydrogen-bond acceptors (Lipinski definition) is 5. The molecule has 0 radical (unpaired) electrons. The van der Waals surface area contributed by atoms with Crippen molar-refractivity contribution in [2.75, 3.05) is 20.3 Å². The summed E-state index contributed by atoms with van der Waals surface area (Å²) in [6.07, 6.45) is 2.08. The molecule has 0 saturated heterocycles. The molecule has 0 unspecified atom stereocenters. The molecule has 0 aliphatic rings. The van der Waals surface area contributed by atoms with Gasteiger partial charge in [-0.05, 0) is 55.3 Å². The molecule has 2 aromatic carbocycles. The lowest BCUT2D eigenvalue weighted by Crippen LogP contribution is -2.19. The summed E-state index contributed by atoms with van der Waals surface area (Å²) < 4.78 is 19.8. The van der Waals surface area contributed by atoms with E-state index in [-0.39, 0.29) is 13.2 Å². The van der Waals surface area contributed by atoms with Crippen molar-refractivity contribution in [2.24, 2.45) is 0 Å². The van der Waals surface area contributed by atoms with E-state index in [0.29, 0.717) is 49.0 Å². The van der Waals surface area contributed by atoms with Gasteiger partial charge < -0.3 is 14.2 Å². The highest BCUT2D eigenvalue weighted by Gasteiger charge is 2.29. The van der Waals surface area contributed by atoms with Crippen molar-refractivity contribution in [3.8, 4) is 17.1 Å². The maximum atomic E-state index is 13.4. The summed E-state index contributed by atoms with van der Waals surface area (Å²) in [6, 6.07) is 12.1. The largest absolute Gasteiger partial charge is 0.494 e. The van der Waals surface area contributed by atoms with Gasteiger partial charge in [0.25, 0.3) is 0 Å². The monoisotopic (exact) mass is 530 g/mol. The summed E-state index contributed by atoms with van der Waals surface area (Å²) in [5.74, 6) is 0.386. The number of carbonyl (C=O) groups excluding carboxylic acids is 2. The third kappa shape index (κ3) is 4.90. The second kappa shape index (κ2) is 11.3. The summed E-state index contributed by atoms with van der Waals surface area (Å²) in [5, 5.41) is 2.32. The fraction of sp³-hybridized carbons (Fsp3) is 0.333. The molecule has 2 aromatic heterocycles. The van der Waals surface area contributed by atoms with E-state index in [0.717, 1.165) is 25.7 Å². The third-order valence-electron chi connectivity index (χ3n) is 5.91. The molecule has 9 heteroatoms. The molecule has 4 aromatic rings. The fourth-order valence-electron chi connectivity index (χ4n) is 4.16.